The molecule has 70 heavy (non-hydrogen) atoms. The quantitative estimate of drug-likeness (QED) is 0.0343. The smallest absolute Gasteiger partial charge is 0.243 e. The molecule has 0 bridgehead atoms. The number of rotatable bonds is 24. The third kappa shape index (κ3) is 25.9. The summed E-state index contributed by atoms with van der Waals surface area (Å²) in [5.41, 5.74) is 7.56. The number of imidazole rings is 3. The van der Waals surface area contributed by atoms with Crippen LogP contribution in [0.1, 0.15) is 136 Å². The summed E-state index contributed by atoms with van der Waals surface area (Å²) in [5, 5.41) is 25.2. The van der Waals surface area contributed by atoms with E-state index in [1.165, 1.54) is 169 Å². The molecule has 0 spiro atoms. The zero-order valence-corrected chi connectivity index (χ0v) is 43.9. The second-order valence-corrected chi connectivity index (χ2v) is 18.4. The number of hydrogen-bond acceptors (Lipinski definition) is 3. The van der Waals surface area contributed by atoms with Gasteiger partial charge in [0, 0.05) is 0 Å². The molecular weight excluding hydrogens is 864 g/mol. The summed E-state index contributed by atoms with van der Waals surface area (Å²) in [5.74, 6) is 0. The molecule has 0 radical (unpaired) electrons. The summed E-state index contributed by atoms with van der Waals surface area (Å²) in [6.07, 6.45) is 43.9. The largest absolute Gasteiger partial charge is 0.907 e. The second-order valence-electron chi connectivity index (χ2n) is 18.4. The van der Waals surface area contributed by atoms with E-state index in [9.17, 15) is 0 Å². The Bertz CT molecular complexity index is 2100. The van der Waals surface area contributed by atoms with Gasteiger partial charge < -0.3 is 15.1 Å². The van der Waals surface area contributed by atoms with E-state index in [-0.39, 0.29) is 0 Å². The molecule has 10 heteroatoms. The predicted molar refractivity (Wildman–Crippen MR) is 285 cm³/mol. The average molecular weight is 951 g/mol. The summed E-state index contributed by atoms with van der Waals surface area (Å²) in [4.78, 5) is 0. The van der Waals surface area contributed by atoms with Crippen LogP contribution in [0.4, 0.5) is 0 Å². The Hall–Kier alpha value is -5.55. The topological polar surface area (TPSA) is 95.6 Å². The van der Waals surface area contributed by atoms with Gasteiger partial charge in [0.05, 0.1) is 40.8 Å². The summed E-state index contributed by atoms with van der Waals surface area (Å²) in [6, 6.07) is 38.4. The summed E-state index contributed by atoms with van der Waals surface area (Å²) < 4.78 is 13.1. The van der Waals surface area contributed by atoms with Crippen molar-refractivity contribution in [1.29, 1.82) is 0 Å². The number of hydrogen-bond donors (Lipinski definition) is 0. The predicted octanol–water partition coefficient (Wildman–Crippen LogP) is 10.8. The first-order valence-electron chi connectivity index (χ1n) is 26.4. The Labute approximate surface area is 424 Å². The molecule has 7 aromatic rings. The van der Waals surface area contributed by atoms with E-state index in [0.29, 0.717) is 0 Å². The third-order valence-electron chi connectivity index (χ3n) is 12.1. The van der Waals surface area contributed by atoms with Crippen LogP contribution in [0.25, 0.3) is 33.4 Å². The maximum atomic E-state index is 8.42. The standard InChI is InChI=1S/C24H18.3C12H23N2.BO3/c1-3-11-19(12-4-1)21-15-7-9-17-23(21)24-18-10-8-16-22(24)20-13-5-2-6-14-20;3*1-3-4-5-6-7-8-9-14-11-10-13(2)12-14;2-1(3)4/h1-18H;3*10-12H,3-9H2,1-2H3;/q;3*+1;-3. The van der Waals surface area contributed by atoms with Crippen molar-refractivity contribution in [3.8, 4) is 33.4 Å². The molecule has 0 N–H and O–H groups in total. The van der Waals surface area contributed by atoms with Crippen molar-refractivity contribution in [2.45, 2.75) is 156 Å². The van der Waals surface area contributed by atoms with E-state index in [4.69, 9.17) is 15.1 Å². The lowest BCUT2D eigenvalue weighted by atomic mass is 9.89. The number of aromatic nitrogens is 6. The Balaban J connectivity index is 0.000000249. The Kier molecular flexibility index (Phi) is 31.3. The van der Waals surface area contributed by atoms with Gasteiger partial charge >= 0.3 is 0 Å². The van der Waals surface area contributed by atoms with Crippen LogP contribution in [-0.2, 0) is 40.8 Å². The van der Waals surface area contributed by atoms with Crippen LogP contribution in [-0.4, -0.2) is 21.0 Å². The van der Waals surface area contributed by atoms with Crippen molar-refractivity contribution in [3.63, 3.8) is 0 Å². The molecule has 0 fully saturated rings. The first-order valence-corrected chi connectivity index (χ1v) is 26.4. The molecule has 3 heterocycles. The van der Waals surface area contributed by atoms with Crippen LogP contribution >= 0.6 is 0 Å². The molecular formula is C60H87BN6O3. The maximum Gasteiger partial charge on any atom is 0.243 e. The molecule has 0 saturated heterocycles. The molecule has 9 nitrogen and oxygen atoms in total. The number of unbranched alkanes of at least 4 members (excludes halogenated alkanes) is 15. The zero-order valence-electron chi connectivity index (χ0n) is 43.9. The highest BCUT2D eigenvalue weighted by atomic mass is 16.5. The van der Waals surface area contributed by atoms with Gasteiger partial charge in [0.25, 0.3) is 0 Å². The maximum absolute atomic E-state index is 8.42. The summed E-state index contributed by atoms with van der Waals surface area (Å²) in [7, 11) is 3.28. The van der Waals surface area contributed by atoms with Gasteiger partial charge in [-0.1, -0.05) is 207 Å². The van der Waals surface area contributed by atoms with Gasteiger partial charge in [-0.2, -0.15) is 0 Å². The van der Waals surface area contributed by atoms with Gasteiger partial charge in [-0.25, -0.2) is 27.4 Å². The Morgan fingerprint density at radius 2 is 0.586 bits per heavy atom. The molecule has 0 amide bonds. The van der Waals surface area contributed by atoms with Crippen molar-refractivity contribution >= 4 is 7.32 Å². The van der Waals surface area contributed by atoms with Crippen LogP contribution < -0.4 is 28.8 Å². The molecule has 0 saturated carbocycles. The fourth-order valence-corrected chi connectivity index (χ4v) is 8.30. The molecule has 0 atom stereocenters. The van der Waals surface area contributed by atoms with Crippen LogP contribution in [0, 0.1) is 0 Å². The minimum Gasteiger partial charge on any atom is -0.907 e. The van der Waals surface area contributed by atoms with E-state index in [0.717, 1.165) is 0 Å². The van der Waals surface area contributed by atoms with Crippen molar-refractivity contribution in [2.24, 2.45) is 21.1 Å². The number of aryl methyl sites for hydroxylation is 6. The fourth-order valence-electron chi connectivity index (χ4n) is 8.30. The lowest BCUT2D eigenvalue weighted by molar-refractivity contribution is -0.671. The zero-order chi connectivity index (χ0) is 50.4. The van der Waals surface area contributed by atoms with Gasteiger partial charge in [0.2, 0.25) is 19.0 Å². The first-order chi connectivity index (χ1) is 34.1. The van der Waals surface area contributed by atoms with Crippen molar-refractivity contribution in [2.75, 3.05) is 0 Å². The van der Waals surface area contributed by atoms with E-state index in [1.807, 2.05) is 0 Å². The van der Waals surface area contributed by atoms with Crippen LogP contribution in [0.5, 0.6) is 0 Å². The summed E-state index contributed by atoms with van der Waals surface area (Å²) >= 11 is 0. The molecule has 0 aliphatic rings. The van der Waals surface area contributed by atoms with E-state index >= 15 is 0 Å². The fraction of sp³-hybridized carbons (Fsp3) is 0.450. The van der Waals surface area contributed by atoms with Crippen LogP contribution in [0.2, 0.25) is 0 Å². The molecule has 0 aliphatic carbocycles. The third-order valence-corrected chi connectivity index (χ3v) is 12.1. The Morgan fingerprint density at radius 1 is 0.343 bits per heavy atom. The first kappa shape index (κ1) is 58.8. The minimum atomic E-state index is -2.92. The molecule has 4 aromatic carbocycles. The average Bonchev–Trinajstić information content (AvgIpc) is 4.13. The van der Waals surface area contributed by atoms with Crippen LogP contribution in [0.3, 0.4) is 0 Å². The SMILES string of the molecule is CCCCCCCCn1cc[n+](C)c1.CCCCCCCCn1cc[n+](C)c1.CCCCCCCCn1cc[n+](C)c1.[O-]B([O-])[O-].c1ccc(-c2ccccc2-c2ccccc2-c2ccccc2)cc1. The van der Waals surface area contributed by atoms with Gasteiger partial charge in [-0.05, 0) is 71.9 Å². The molecule has 0 unspecified atom stereocenters. The van der Waals surface area contributed by atoms with Gasteiger partial charge in [0.15, 0.2) is 0 Å². The minimum absolute atomic E-state index is 1.17. The lowest BCUT2D eigenvalue weighted by Crippen LogP contribution is -2.56. The number of nitrogens with zero attached hydrogens (tertiary/aromatic N) is 6. The van der Waals surface area contributed by atoms with Crippen molar-refractivity contribution in [3.05, 3.63) is 165 Å². The van der Waals surface area contributed by atoms with Crippen LogP contribution in [0.15, 0.2) is 165 Å². The Morgan fingerprint density at radius 3 is 0.843 bits per heavy atom. The van der Waals surface area contributed by atoms with Gasteiger partial charge in [0.1, 0.15) is 37.2 Å². The monoisotopic (exact) mass is 951 g/mol. The number of benzene rings is 4. The van der Waals surface area contributed by atoms with Crippen molar-refractivity contribution in [1.82, 2.24) is 13.7 Å². The molecule has 378 valence electrons. The highest BCUT2D eigenvalue weighted by Crippen LogP contribution is 2.37. The highest BCUT2D eigenvalue weighted by molar-refractivity contribution is 6.24. The normalized spacial score (nSPS) is 10.4. The molecule has 0 aliphatic heterocycles. The molecule has 3 aromatic heterocycles. The van der Waals surface area contributed by atoms with Gasteiger partial charge in [-0.3, -0.25) is 7.32 Å². The van der Waals surface area contributed by atoms with E-state index in [1.54, 1.807) is 0 Å². The van der Waals surface area contributed by atoms with Crippen molar-refractivity contribution < 1.29 is 28.8 Å². The molecule has 7 rings (SSSR count). The van der Waals surface area contributed by atoms with Gasteiger partial charge in [-0.15, -0.1) is 0 Å². The lowest BCUT2D eigenvalue weighted by Gasteiger charge is -2.35. The highest BCUT2D eigenvalue weighted by Gasteiger charge is 2.11. The summed E-state index contributed by atoms with van der Waals surface area (Å²) in [6.45, 7) is 10.3. The van der Waals surface area contributed by atoms with E-state index < -0.39 is 7.32 Å². The van der Waals surface area contributed by atoms with E-state index in [2.05, 4.69) is 235 Å². The second kappa shape index (κ2) is 37.3.